The molecule has 250 valence electrons. The van der Waals surface area contributed by atoms with E-state index in [1.165, 1.54) is 18.1 Å². The Hall–Kier alpha value is -4.20. The Labute approximate surface area is 287 Å². The van der Waals surface area contributed by atoms with Crippen LogP contribution < -0.4 is 15.4 Å². The lowest BCUT2D eigenvalue weighted by molar-refractivity contribution is -0.149. The van der Waals surface area contributed by atoms with Gasteiger partial charge < -0.3 is 30.1 Å². The highest BCUT2D eigenvalue weighted by Crippen LogP contribution is 2.47. The average molecular weight is 694 g/mol. The summed E-state index contributed by atoms with van der Waals surface area (Å²) < 4.78 is 11.4. The standard InChI is InChI=1S/C34H34Cl2N6O6/c1-40-13-22(32(45)41(2)33(40)46)30(44)37-23-9-5-7-20(29(23)36)19-6-4-8-21(28(19)35)24-12-18-10-11-25(27(18)31(38-24)47-3)42-15-34(16-42)17-48-14-26(43)39-34/h4-9,12-13,25,33,46H,10-11,14-17H2,1-3H3,(H,37,44)(H,39,43). The zero-order valence-electron chi connectivity index (χ0n) is 26.5. The minimum absolute atomic E-state index is 0.0790. The van der Waals surface area contributed by atoms with Gasteiger partial charge in [0.05, 0.1) is 40.7 Å². The van der Waals surface area contributed by atoms with Crippen molar-refractivity contribution in [2.24, 2.45) is 0 Å². The van der Waals surface area contributed by atoms with Crippen molar-refractivity contribution in [2.75, 3.05) is 52.8 Å². The Morgan fingerprint density at radius 2 is 1.81 bits per heavy atom. The lowest BCUT2D eigenvalue weighted by Crippen LogP contribution is -2.74. The second-order valence-corrected chi connectivity index (χ2v) is 13.4. The number of morpholine rings is 1. The van der Waals surface area contributed by atoms with E-state index in [0.29, 0.717) is 58.7 Å². The van der Waals surface area contributed by atoms with Crippen LogP contribution in [0.4, 0.5) is 5.69 Å². The molecule has 0 radical (unpaired) electrons. The van der Waals surface area contributed by atoms with Crippen molar-refractivity contribution in [3.8, 4) is 28.3 Å². The van der Waals surface area contributed by atoms with Gasteiger partial charge in [0.25, 0.3) is 11.8 Å². The summed E-state index contributed by atoms with van der Waals surface area (Å²) in [6.07, 6.45) is 1.87. The van der Waals surface area contributed by atoms with Crippen LogP contribution in [-0.2, 0) is 25.5 Å². The van der Waals surface area contributed by atoms with Crippen molar-refractivity contribution in [3.05, 3.63) is 75.4 Å². The molecule has 2 unspecified atom stereocenters. The van der Waals surface area contributed by atoms with E-state index in [4.69, 9.17) is 37.7 Å². The molecule has 0 saturated carbocycles. The number of anilines is 1. The van der Waals surface area contributed by atoms with Gasteiger partial charge in [-0.15, -0.1) is 0 Å². The normalized spacial score (nSPS) is 21.8. The number of aromatic nitrogens is 1. The molecule has 4 heterocycles. The predicted octanol–water partition coefficient (Wildman–Crippen LogP) is 3.42. The Kier molecular flexibility index (Phi) is 8.33. The Bertz CT molecular complexity index is 1880. The Morgan fingerprint density at radius 1 is 1.10 bits per heavy atom. The molecule has 1 aliphatic carbocycles. The summed E-state index contributed by atoms with van der Waals surface area (Å²) in [5.41, 5.74) is 4.55. The molecular formula is C34H34Cl2N6O6. The smallest absolute Gasteiger partial charge is 0.264 e. The van der Waals surface area contributed by atoms with E-state index in [9.17, 15) is 19.5 Å². The van der Waals surface area contributed by atoms with Crippen LogP contribution in [0.1, 0.15) is 23.6 Å². The molecule has 14 heteroatoms. The molecule has 3 amide bonds. The van der Waals surface area contributed by atoms with Crippen molar-refractivity contribution in [3.63, 3.8) is 0 Å². The second kappa shape index (κ2) is 12.4. The van der Waals surface area contributed by atoms with Crippen LogP contribution in [0.2, 0.25) is 10.0 Å². The molecule has 3 aromatic rings. The number of likely N-dealkylation sites (N-methyl/N-ethyl adjacent to an activating group) is 1. The number of aryl methyl sites for hydroxylation is 1. The first-order valence-corrected chi connectivity index (χ1v) is 16.2. The van der Waals surface area contributed by atoms with Gasteiger partial charge in [0.15, 0.2) is 0 Å². The number of halogens is 2. The predicted molar refractivity (Wildman–Crippen MR) is 179 cm³/mol. The summed E-state index contributed by atoms with van der Waals surface area (Å²) in [4.78, 5) is 47.5. The van der Waals surface area contributed by atoms with Gasteiger partial charge in [0.2, 0.25) is 18.1 Å². The molecule has 12 nitrogen and oxygen atoms in total. The lowest BCUT2D eigenvalue weighted by Gasteiger charge is -2.54. The molecule has 2 aromatic carbocycles. The number of nitrogens with one attached hydrogen (secondary N) is 2. The third-order valence-corrected chi connectivity index (χ3v) is 10.3. The van der Waals surface area contributed by atoms with Crippen LogP contribution in [0.15, 0.2) is 54.2 Å². The van der Waals surface area contributed by atoms with Gasteiger partial charge in [0.1, 0.15) is 12.2 Å². The summed E-state index contributed by atoms with van der Waals surface area (Å²) in [5.74, 6) is -0.826. The zero-order valence-corrected chi connectivity index (χ0v) is 28.1. The quantitative estimate of drug-likeness (QED) is 0.332. The highest BCUT2D eigenvalue weighted by molar-refractivity contribution is 6.40. The summed E-state index contributed by atoms with van der Waals surface area (Å²) in [6, 6.07) is 12.9. The molecule has 0 bridgehead atoms. The van der Waals surface area contributed by atoms with Gasteiger partial charge in [-0.3, -0.25) is 24.2 Å². The van der Waals surface area contributed by atoms with Crippen molar-refractivity contribution in [1.29, 1.82) is 0 Å². The highest BCUT2D eigenvalue weighted by Gasteiger charge is 2.50. The molecule has 4 aliphatic rings. The third-order valence-electron chi connectivity index (χ3n) is 9.44. The first-order chi connectivity index (χ1) is 23.0. The molecule has 1 spiro atoms. The van der Waals surface area contributed by atoms with Crippen LogP contribution in [0.5, 0.6) is 5.88 Å². The maximum Gasteiger partial charge on any atom is 0.264 e. The van der Waals surface area contributed by atoms with Crippen molar-refractivity contribution < 1.29 is 29.0 Å². The van der Waals surface area contributed by atoms with Gasteiger partial charge in [0, 0.05) is 61.7 Å². The summed E-state index contributed by atoms with van der Waals surface area (Å²) in [5, 5.41) is 16.6. The van der Waals surface area contributed by atoms with E-state index in [0.717, 1.165) is 28.9 Å². The number of methoxy groups -OCH3 is 1. The number of aliphatic hydroxyl groups is 1. The molecule has 2 fully saturated rings. The van der Waals surface area contributed by atoms with E-state index >= 15 is 0 Å². The Balaban J connectivity index is 1.15. The number of nitrogens with zero attached hydrogens (tertiary/aromatic N) is 4. The minimum atomic E-state index is -1.17. The van der Waals surface area contributed by atoms with Crippen LogP contribution in [0, 0.1) is 0 Å². The zero-order chi connectivity index (χ0) is 33.9. The van der Waals surface area contributed by atoms with Gasteiger partial charge in [-0.25, -0.2) is 4.98 Å². The lowest BCUT2D eigenvalue weighted by atomic mass is 9.87. The first kappa shape index (κ1) is 32.4. The van der Waals surface area contributed by atoms with Crippen molar-refractivity contribution in [1.82, 2.24) is 25.0 Å². The van der Waals surface area contributed by atoms with E-state index in [2.05, 4.69) is 21.6 Å². The Morgan fingerprint density at radius 3 is 2.54 bits per heavy atom. The topological polar surface area (TPSA) is 137 Å². The number of hydrogen-bond acceptors (Lipinski definition) is 9. The number of rotatable bonds is 6. The van der Waals surface area contributed by atoms with E-state index < -0.39 is 18.2 Å². The molecule has 1 aromatic heterocycles. The number of ether oxygens (including phenoxy) is 2. The number of pyridine rings is 1. The maximum absolute atomic E-state index is 13.2. The van der Waals surface area contributed by atoms with Gasteiger partial charge >= 0.3 is 0 Å². The number of hydrogen-bond donors (Lipinski definition) is 3. The molecular weight excluding hydrogens is 659 g/mol. The summed E-state index contributed by atoms with van der Waals surface area (Å²) in [6.45, 7) is 2.02. The number of carbonyl (C=O) groups excluding carboxylic acids is 3. The van der Waals surface area contributed by atoms with E-state index in [1.54, 1.807) is 32.4 Å². The monoisotopic (exact) mass is 692 g/mol. The third kappa shape index (κ3) is 5.47. The number of fused-ring (bicyclic) bond motifs is 1. The minimum Gasteiger partial charge on any atom is -0.481 e. The second-order valence-electron chi connectivity index (χ2n) is 12.6. The largest absolute Gasteiger partial charge is 0.481 e. The molecule has 3 N–H and O–H groups in total. The van der Waals surface area contributed by atoms with Crippen molar-refractivity contribution in [2.45, 2.75) is 30.8 Å². The van der Waals surface area contributed by atoms with Crippen LogP contribution in [0.3, 0.4) is 0 Å². The summed E-state index contributed by atoms with van der Waals surface area (Å²) in [7, 11) is 4.58. The number of benzene rings is 2. The van der Waals surface area contributed by atoms with Crippen LogP contribution >= 0.6 is 23.2 Å². The van der Waals surface area contributed by atoms with E-state index in [1.807, 2.05) is 18.2 Å². The maximum atomic E-state index is 13.2. The molecule has 2 atom stereocenters. The fraction of sp³-hybridized carbons (Fsp3) is 0.353. The van der Waals surface area contributed by atoms with Crippen molar-refractivity contribution >= 4 is 46.6 Å². The molecule has 3 aliphatic heterocycles. The van der Waals surface area contributed by atoms with Gasteiger partial charge in [-0.1, -0.05) is 53.5 Å². The number of amides is 3. The average Bonchev–Trinajstić information content (AvgIpc) is 3.49. The highest BCUT2D eigenvalue weighted by atomic mass is 35.5. The number of carbonyl (C=O) groups is 3. The molecule has 48 heavy (non-hydrogen) atoms. The van der Waals surface area contributed by atoms with Crippen LogP contribution in [-0.4, -0.2) is 102 Å². The van der Waals surface area contributed by atoms with Gasteiger partial charge in [-0.05, 0) is 30.5 Å². The molecule has 2 saturated heterocycles. The summed E-state index contributed by atoms with van der Waals surface area (Å²) >= 11 is 13.9. The van der Waals surface area contributed by atoms with Gasteiger partial charge in [-0.2, -0.15) is 0 Å². The number of aliphatic hydroxyl groups excluding tert-OH is 1. The SMILES string of the molecule is COc1nc(-c2cccc(-c3cccc(NC(=O)C4=CN(C)C(O)N(C)C4=O)c3Cl)c2Cl)cc2c1C(N1CC3(COCC(=O)N3)C1)CC2. The fourth-order valence-electron chi connectivity index (χ4n) is 7.08. The fourth-order valence-corrected chi connectivity index (χ4v) is 7.68. The van der Waals surface area contributed by atoms with E-state index in [-0.39, 0.29) is 34.7 Å². The first-order valence-electron chi connectivity index (χ1n) is 15.5. The van der Waals surface area contributed by atoms with Crippen LogP contribution in [0.25, 0.3) is 22.4 Å². The number of likely N-dealkylation sites (tertiary alicyclic amines) is 1. The molecule has 7 rings (SSSR count).